The van der Waals surface area contributed by atoms with Crippen molar-refractivity contribution in [2.75, 3.05) is 13.1 Å². The molecule has 19 heavy (non-hydrogen) atoms. The van der Waals surface area contributed by atoms with Crippen molar-refractivity contribution in [1.29, 1.82) is 0 Å². The molecule has 3 rings (SSSR count). The fourth-order valence-electron chi connectivity index (χ4n) is 2.43. The van der Waals surface area contributed by atoms with Crippen LogP contribution in [0.15, 0.2) is 36.4 Å². The van der Waals surface area contributed by atoms with Gasteiger partial charge in [0.2, 0.25) is 0 Å². The molecule has 1 aliphatic heterocycles. The third kappa shape index (κ3) is 2.89. The Morgan fingerprint density at radius 2 is 2.00 bits per heavy atom. The second-order valence-corrected chi connectivity index (χ2v) is 6.47. The van der Waals surface area contributed by atoms with Gasteiger partial charge in [-0.3, -0.25) is 9.69 Å². The smallest absolute Gasteiger partial charge is 0.186 e. The van der Waals surface area contributed by atoms with E-state index in [1.54, 1.807) is 6.07 Å². The Kier molecular flexibility index (Phi) is 3.69. The maximum absolute atomic E-state index is 12.1. The second-order valence-electron chi connectivity index (χ2n) is 4.76. The van der Waals surface area contributed by atoms with Crippen molar-refractivity contribution in [2.24, 2.45) is 0 Å². The molecule has 0 aliphatic carbocycles. The highest BCUT2D eigenvalue weighted by Crippen LogP contribution is 2.23. The Bertz CT molecular complexity index is 608. The average Bonchev–Trinajstić information content (AvgIpc) is 2.85. The molecule has 4 heteroatoms. The minimum Gasteiger partial charge on any atom is -0.292 e. The van der Waals surface area contributed by atoms with Crippen LogP contribution < -0.4 is 0 Å². The molecule has 0 saturated carbocycles. The van der Waals surface area contributed by atoms with Crippen molar-refractivity contribution < 1.29 is 4.79 Å². The summed E-state index contributed by atoms with van der Waals surface area (Å²) in [5, 5.41) is 0. The second kappa shape index (κ2) is 5.45. The first kappa shape index (κ1) is 12.9. The fraction of sp³-hybridized carbons (Fsp3) is 0.267. The van der Waals surface area contributed by atoms with Crippen molar-refractivity contribution in [3.8, 4) is 0 Å². The number of nitrogens with zero attached hydrogens (tertiary/aromatic N) is 1. The Hall–Kier alpha value is -1.16. The van der Waals surface area contributed by atoms with Gasteiger partial charge >= 0.3 is 0 Å². The number of benzene rings is 1. The number of halogens is 1. The lowest BCUT2D eigenvalue weighted by atomic mass is 10.00. The van der Waals surface area contributed by atoms with Crippen molar-refractivity contribution in [2.45, 2.75) is 13.0 Å². The molecule has 1 aromatic carbocycles. The van der Waals surface area contributed by atoms with Crippen LogP contribution in [-0.2, 0) is 13.0 Å². The van der Waals surface area contributed by atoms with E-state index in [9.17, 15) is 4.79 Å². The first-order chi connectivity index (χ1) is 9.22. The number of hydrogen-bond acceptors (Lipinski definition) is 3. The molecule has 0 radical (unpaired) electrons. The lowest BCUT2D eigenvalue weighted by Gasteiger charge is -2.27. The van der Waals surface area contributed by atoms with Crippen LogP contribution in [0.3, 0.4) is 0 Å². The van der Waals surface area contributed by atoms with Gasteiger partial charge in [-0.1, -0.05) is 35.9 Å². The summed E-state index contributed by atoms with van der Waals surface area (Å²) in [6, 6.07) is 12.1. The summed E-state index contributed by atoms with van der Waals surface area (Å²) < 4.78 is 0.673. The zero-order valence-electron chi connectivity index (χ0n) is 10.4. The predicted octanol–water partition coefficient (Wildman–Crippen LogP) is 3.64. The SMILES string of the molecule is O=C(CN1CCc2ccccc2C1)c1ccc(Cl)s1. The first-order valence-corrected chi connectivity index (χ1v) is 7.49. The van der Waals surface area contributed by atoms with Gasteiger partial charge in [-0.2, -0.15) is 0 Å². The maximum Gasteiger partial charge on any atom is 0.186 e. The zero-order valence-corrected chi connectivity index (χ0v) is 12.0. The zero-order chi connectivity index (χ0) is 13.2. The van der Waals surface area contributed by atoms with Crippen LogP contribution in [0.25, 0.3) is 0 Å². The molecule has 0 N–H and O–H groups in total. The molecule has 2 aromatic rings. The number of hydrogen-bond donors (Lipinski definition) is 0. The van der Waals surface area contributed by atoms with E-state index in [1.165, 1.54) is 22.5 Å². The molecular formula is C15H14ClNOS. The van der Waals surface area contributed by atoms with E-state index in [0.717, 1.165) is 24.4 Å². The van der Waals surface area contributed by atoms with Gasteiger partial charge in [-0.15, -0.1) is 11.3 Å². The standard InChI is InChI=1S/C15H14ClNOS/c16-15-6-5-14(19-15)13(18)10-17-8-7-11-3-1-2-4-12(11)9-17/h1-6H,7-10H2. The van der Waals surface area contributed by atoms with Crippen LogP contribution in [0.1, 0.15) is 20.8 Å². The maximum atomic E-state index is 12.1. The summed E-state index contributed by atoms with van der Waals surface area (Å²) in [7, 11) is 0. The average molecular weight is 292 g/mol. The number of carbonyl (C=O) groups excluding carboxylic acids is 1. The molecule has 98 valence electrons. The van der Waals surface area contributed by atoms with Crippen LogP contribution in [0.4, 0.5) is 0 Å². The van der Waals surface area contributed by atoms with Crippen LogP contribution in [-0.4, -0.2) is 23.8 Å². The number of carbonyl (C=O) groups is 1. The van der Waals surface area contributed by atoms with Gasteiger partial charge in [-0.05, 0) is 29.7 Å². The number of fused-ring (bicyclic) bond motifs is 1. The molecule has 2 nitrogen and oxygen atoms in total. The Morgan fingerprint density at radius 3 is 2.74 bits per heavy atom. The number of thiophene rings is 1. The largest absolute Gasteiger partial charge is 0.292 e. The molecule has 2 heterocycles. The lowest BCUT2D eigenvalue weighted by molar-refractivity contribution is 0.0925. The van der Waals surface area contributed by atoms with Gasteiger partial charge in [-0.25, -0.2) is 0 Å². The highest BCUT2D eigenvalue weighted by molar-refractivity contribution is 7.18. The van der Waals surface area contributed by atoms with Gasteiger partial charge in [0.1, 0.15) is 0 Å². The summed E-state index contributed by atoms with van der Waals surface area (Å²) in [6.07, 6.45) is 1.02. The van der Waals surface area contributed by atoms with E-state index < -0.39 is 0 Å². The van der Waals surface area contributed by atoms with E-state index in [1.807, 2.05) is 6.07 Å². The fourth-order valence-corrected chi connectivity index (χ4v) is 3.41. The van der Waals surface area contributed by atoms with Crippen LogP contribution in [0, 0.1) is 0 Å². The quantitative estimate of drug-likeness (QED) is 0.805. The third-order valence-corrected chi connectivity index (χ3v) is 4.70. The molecule has 0 spiro atoms. The molecular weight excluding hydrogens is 278 g/mol. The van der Waals surface area contributed by atoms with Crippen molar-refractivity contribution >= 4 is 28.7 Å². The monoisotopic (exact) mass is 291 g/mol. The van der Waals surface area contributed by atoms with E-state index >= 15 is 0 Å². The summed E-state index contributed by atoms with van der Waals surface area (Å²) >= 11 is 7.23. The molecule has 0 saturated heterocycles. The van der Waals surface area contributed by atoms with Gasteiger partial charge in [0.15, 0.2) is 5.78 Å². The van der Waals surface area contributed by atoms with Crippen molar-refractivity contribution in [1.82, 2.24) is 4.90 Å². The lowest BCUT2D eigenvalue weighted by Crippen LogP contribution is -2.34. The third-order valence-electron chi connectivity index (χ3n) is 3.42. The molecule has 0 bridgehead atoms. The Balaban J connectivity index is 1.68. The number of rotatable bonds is 3. The molecule has 1 aromatic heterocycles. The van der Waals surface area contributed by atoms with E-state index in [4.69, 9.17) is 11.6 Å². The minimum absolute atomic E-state index is 0.163. The highest BCUT2D eigenvalue weighted by Gasteiger charge is 2.19. The predicted molar refractivity (Wildman–Crippen MR) is 79.1 cm³/mol. The van der Waals surface area contributed by atoms with Gasteiger partial charge < -0.3 is 0 Å². The number of ketones is 1. The minimum atomic E-state index is 0.163. The van der Waals surface area contributed by atoms with E-state index in [-0.39, 0.29) is 5.78 Å². The molecule has 0 atom stereocenters. The summed E-state index contributed by atoms with van der Waals surface area (Å²) in [6.45, 7) is 2.29. The van der Waals surface area contributed by atoms with Crippen LogP contribution in [0.2, 0.25) is 4.34 Å². The Morgan fingerprint density at radius 1 is 1.21 bits per heavy atom. The summed E-state index contributed by atoms with van der Waals surface area (Å²) in [5.74, 6) is 0.163. The first-order valence-electron chi connectivity index (χ1n) is 6.30. The van der Waals surface area contributed by atoms with Crippen LogP contribution in [0.5, 0.6) is 0 Å². The van der Waals surface area contributed by atoms with Gasteiger partial charge in [0.25, 0.3) is 0 Å². The Labute approximate surface area is 121 Å². The summed E-state index contributed by atoms with van der Waals surface area (Å²) in [4.78, 5) is 15.1. The van der Waals surface area contributed by atoms with Crippen LogP contribution >= 0.6 is 22.9 Å². The normalized spacial score (nSPS) is 15.2. The number of Topliss-reactive ketones (excluding diaryl/α,β-unsaturated/α-hetero) is 1. The van der Waals surface area contributed by atoms with Gasteiger partial charge in [0, 0.05) is 13.1 Å². The van der Waals surface area contributed by atoms with Crippen molar-refractivity contribution in [3.05, 3.63) is 56.7 Å². The summed E-state index contributed by atoms with van der Waals surface area (Å²) in [5.41, 5.74) is 2.75. The van der Waals surface area contributed by atoms with Gasteiger partial charge in [0.05, 0.1) is 15.8 Å². The van der Waals surface area contributed by atoms with Crippen molar-refractivity contribution in [3.63, 3.8) is 0 Å². The molecule has 0 amide bonds. The highest BCUT2D eigenvalue weighted by atomic mass is 35.5. The van der Waals surface area contributed by atoms with E-state index in [2.05, 4.69) is 29.2 Å². The molecule has 0 unspecified atom stereocenters. The van der Waals surface area contributed by atoms with E-state index in [0.29, 0.717) is 10.9 Å². The molecule has 0 fully saturated rings. The molecule has 1 aliphatic rings. The topological polar surface area (TPSA) is 20.3 Å².